The molecule has 3 aromatic carbocycles. The number of amides is 2. The lowest BCUT2D eigenvalue weighted by Gasteiger charge is -2.53. The van der Waals surface area contributed by atoms with Crippen molar-refractivity contribution in [2.75, 3.05) is 13.7 Å². The van der Waals surface area contributed by atoms with Crippen LogP contribution < -0.4 is 5.32 Å². The van der Waals surface area contributed by atoms with Gasteiger partial charge in [0.15, 0.2) is 0 Å². The third kappa shape index (κ3) is 6.84. The molecule has 4 atom stereocenters. The second-order valence-electron chi connectivity index (χ2n) is 13.5. The van der Waals surface area contributed by atoms with Crippen LogP contribution in [0.4, 0.5) is 0 Å². The molecule has 1 saturated heterocycles. The number of benzene rings is 3. The number of piperidine rings is 1. The SMILES string of the molecule is COC(=O)[C@@]12C[C@H](CC(=O)NCCCCc3ccccc3)C(=O)N(Cc3cccc4ccccc34)C1=C[C@@H](C(C)(C)C)O[C@H]2C. The molecule has 2 heterocycles. The standard InChI is InChI=1S/C38H46N2O5/c1-26-38(36(43)44-5)24-30(22-34(41)39-21-12-11-16-27-14-7-6-8-15-27)35(42)40(32(38)23-33(45-26)37(2,3)4)25-29-19-13-18-28-17-9-10-20-31(28)29/h6-10,13-15,17-20,23,26,30,33H,11-12,16,21-22,24-25H2,1-5H3,(H,39,41)/t26-,30-,33-,38+/m0/s1. The number of hydrogen-bond donors (Lipinski definition) is 1. The number of methoxy groups -OCH3 is 1. The lowest BCUT2D eigenvalue weighted by Crippen LogP contribution is -2.61. The predicted octanol–water partition coefficient (Wildman–Crippen LogP) is 6.59. The molecule has 0 saturated carbocycles. The quantitative estimate of drug-likeness (QED) is 0.207. The first-order chi connectivity index (χ1) is 21.5. The van der Waals surface area contributed by atoms with Crippen molar-refractivity contribution in [1.29, 1.82) is 0 Å². The number of fused-ring (bicyclic) bond motifs is 2. The van der Waals surface area contributed by atoms with Crippen LogP contribution in [0, 0.1) is 16.7 Å². The van der Waals surface area contributed by atoms with E-state index in [1.165, 1.54) is 12.7 Å². The van der Waals surface area contributed by atoms with Gasteiger partial charge in [0.2, 0.25) is 11.8 Å². The van der Waals surface area contributed by atoms with E-state index in [2.05, 4.69) is 38.2 Å². The third-order valence-corrected chi connectivity index (χ3v) is 9.39. The second kappa shape index (κ2) is 13.6. The average molecular weight is 611 g/mol. The van der Waals surface area contributed by atoms with Gasteiger partial charge in [0, 0.05) is 24.6 Å². The molecule has 1 fully saturated rings. The van der Waals surface area contributed by atoms with Gasteiger partial charge in [0.1, 0.15) is 5.41 Å². The number of carbonyl (C=O) groups excluding carboxylic acids is 3. The highest BCUT2D eigenvalue weighted by Crippen LogP contribution is 2.52. The van der Waals surface area contributed by atoms with E-state index in [9.17, 15) is 14.4 Å². The predicted molar refractivity (Wildman–Crippen MR) is 176 cm³/mol. The van der Waals surface area contributed by atoms with E-state index < -0.39 is 23.4 Å². The van der Waals surface area contributed by atoms with Crippen LogP contribution in [0.15, 0.2) is 84.6 Å². The minimum Gasteiger partial charge on any atom is -0.468 e. The topological polar surface area (TPSA) is 84.9 Å². The van der Waals surface area contributed by atoms with Crippen molar-refractivity contribution < 1.29 is 23.9 Å². The normalized spacial score (nSPS) is 23.3. The first-order valence-corrected chi connectivity index (χ1v) is 16.1. The number of rotatable bonds is 10. The van der Waals surface area contributed by atoms with Crippen LogP contribution in [0.2, 0.25) is 0 Å². The van der Waals surface area contributed by atoms with E-state index in [1.807, 2.05) is 73.7 Å². The minimum atomic E-state index is -1.23. The highest BCUT2D eigenvalue weighted by molar-refractivity contribution is 5.93. The smallest absolute Gasteiger partial charge is 0.320 e. The molecule has 2 aliphatic rings. The Bertz CT molecular complexity index is 1550. The molecule has 0 aliphatic carbocycles. The number of carbonyl (C=O) groups is 3. The lowest BCUT2D eigenvalue weighted by atomic mass is 9.65. The van der Waals surface area contributed by atoms with Crippen molar-refractivity contribution in [3.05, 3.63) is 95.7 Å². The number of ether oxygens (including phenoxy) is 2. The van der Waals surface area contributed by atoms with Gasteiger partial charge in [-0.25, -0.2) is 0 Å². The minimum absolute atomic E-state index is 0.00893. The molecule has 0 aromatic heterocycles. The molecule has 2 aliphatic heterocycles. The molecule has 238 valence electrons. The van der Waals surface area contributed by atoms with Gasteiger partial charge < -0.3 is 19.7 Å². The summed E-state index contributed by atoms with van der Waals surface area (Å²) in [5.74, 6) is -1.51. The Labute approximate surface area is 267 Å². The van der Waals surface area contributed by atoms with E-state index in [1.54, 1.807) is 4.90 Å². The van der Waals surface area contributed by atoms with Gasteiger partial charge in [-0.3, -0.25) is 14.4 Å². The van der Waals surface area contributed by atoms with Crippen LogP contribution in [-0.2, 0) is 36.8 Å². The Morgan fingerprint density at radius 1 is 1.00 bits per heavy atom. The summed E-state index contributed by atoms with van der Waals surface area (Å²) in [7, 11) is 1.37. The molecule has 45 heavy (non-hydrogen) atoms. The molecule has 3 aromatic rings. The van der Waals surface area contributed by atoms with Crippen LogP contribution in [0.1, 0.15) is 64.5 Å². The zero-order valence-electron chi connectivity index (χ0n) is 27.2. The van der Waals surface area contributed by atoms with Gasteiger partial charge in [-0.05, 0) is 66.0 Å². The Hall–Kier alpha value is -3.97. The van der Waals surface area contributed by atoms with Crippen LogP contribution >= 0.6 is 0 Å². The van der Waals surface area contributed by atoms with Crippen molar-refractivity contribution in [2.24, 2.45) is 16.7 Å². The van der Waals surface area contributed by atoms with Crippen LogP contribution in [0.25, 0.3) is 10.8 Å². The Morgan fingerprint density at radius 3 is 2.44 bits per heavy atom. The third-order valence-electron chi connectivity index (χ3n) is 9.39. The number of aryl methyl sites for hydroxylation is 1. The molecule has 0 unspecified atom stereocenters. The summed E-state index contributed by atoms with van der Waals surface area (Å²) >= 11 is 0. The van der Waals surface area contributed by atoms with Crippen molar-refractivity contribution >= 4 is 28.6 Å². The molecular weight excluding hydrogens is 564 g/mol. The summed E-state index contributed by atoms with van der Waals surface area (Å²) in [4.78, 5) is 43.2. The summed E-state index contributed by atoms with van der Waals surface area (Å²) in [6.07, 6.45) is 3.94. The van der Waals surface area contributed by atoms with Crippen molar-refractivity contribution in [1.82, 2.24) is 10.2 Å². The van der Waals surface area contributed by atoms with Crippen molar-refractivity contribution in [3.63, 3.8) is 0 Å². The monoisotopic (exact) mass is 610 g/mol. The number of likely N-dealkylation sites (tertiary alicyclic amines) is 1. The number of hydrogen-bond acceptors (Lipinski definition) is 5. The van der Waals surface area contributed by atoms with Crippen molar-refractivity contribution in [3.8, 4) is 0 Å². The largest absolute Gasteiger partial charge is 0.468 e. The molecule has 2 amide bonds. The number of esters is 1. The lowest BCUT2D eigenvalue weighted by molar-refractivity contribution is -0.180. The van der Waals surface area contributed by atoms with E-state index in [0.717, 1.165) is 35.6 Å². The molecule has 7 nitrogen and oxygen atoms in total. The van der Waals surface area contributed by atoms with Gasteiger partial charge in [-0.2, -0.15) is 0 Å². The van der Waals surface area contributed by atoms with Crippen LogP contribution in [0.5, 0.6) is 0 Å². The summed E-state index contributed by atoms with van der Waals surface area (Å²) in [5.41, 5.74) is 1.36. The fourth-order valence-corrected chi connectivity index (χ4v) is 6.83. The summed E-state index contributed by atoms with van der Waals surface area (Å²) < 4.78 is 11.9. The van der Waals surface area contributed by atoms with Gasteiger partial charge in [-0.15, -0.1) is 0 Å². The van der Waals surface area contributed by atoms with Gasteiger partial charge >= 0.3 is 5.97 Å². The van der Waals surface area contributed by atoms with E-state index in [4.69, 9.17) is 9.47 Å². The van der Waals surface area contributed by atoms with Crippen LogP contribution in [0.3, 0.4) is 0 Å². The fourth-order valence-electron chi connectivity index (χ4n) is 6.83. The first kappa shape index (κ1) is 32.4. The molecule has 1 N–H and O–H groups in total. The zero-order chi connectivity index (χ0) is 32.2. The number of nitrogens with zero attached hydrogens (tertiary/aromatic N) is 1. The highest BCUT2D eigenvalue weighted by Gasteiger charge is 2.60. The van der Waals surface area contributed by atoms with E-state index in [-0.39, 0.29) is 42.7 Å². The molecule has 0 bridgehead atoms. The molecule has 5 rings (SSSR count). The molecular formula is C38H46N2O5. The molecule has 0 spiro atoms. The first-order valence-electron chi connectivity index (χ1n) is 16.1. The van der Waals surface area contributed by atoms with E-state index >= 15 is 0 Å². The van der Waals surface area contributed by atoms with E-state index in [0.29, 0.717) is 12.2 Å². The highest BCUT2D eigenvalue weighted by atomic mass is 16.5. The maximum atomic E-state index is 14.4. The maximum Gasteiger partial charge on any atom is 0.320 e. The zero-order valence-corrected chi connectivity index (χ0v) is 27.2. The van der Waals surface area contributed by atoms with Gasteiger partial charge in [0.05, 0.1) is 25.9 Å². The van der Waals surface area contributed by atoms with Crippen molar-refractivity contribution in [2.45, 2.75) is 78.6 Å². The summed E-state index contributed by atoms with van der Waals surface area (Å²) in [6, 6.07) is 24.4. The molecule has 7 heteroatoms. The van der Waals surface area contributed by atoms with Gasteiger partial charge in [0.25, 0.3) is 0 Å². The molecule has 0 radical (unpaired) electrons. The number of unbranched alkanes of at least 4 members (excludes halogenated alkanes) is 1. The summed E-state index contributed by atoms with van der Waals surface area (Å²) in [6.45, 7) is 8.94. The summed E-state index contributed by atoms with van der Waals surface area (Å²) in [5, 5.41) is 5.13. The Balaban J connectivity index is 1.43. The second-order valence-corrected chi connectivity index (χ2v) is 13.5. The number of nitrogens with one attached hydrogen (secondary N) is 1. The van der Waals surface area contributed by atoms with Crippen LogP contribution in [-0.4, -0.2) is 48.5 Å². The Kier molecular flexibility index (Phi) is 9.78. The fraction of sp³-hybridized carbons (Fsp3) is 0.447. The van der Waals surface area contributed by atoms with Gasteiger partial charge in [-0.1, -0.05) is 93.6 Å². The average Bonchev–Trinajstić information content (AvgIpc) is 3.03. The maximum absolute atomic E-state index is 14.4. The Morgan fingerprint density at radius 2 is 1.71 bits per heavy atom.